The van der Waals surface area contributed by atoms with Crippen molar-refractivity contribution in [1.29, 1.82) is 0 Å². The zero-order valence-corrected chi connectivity index (χ0v) is 11.2. The molecule has 0 aliphatic rings. The Morgan fingerprint density at radius 1 is 1.25 bits per heavy atom. The molecule has 3 heteroatoms. The maximum absolute atomic E-state index is 11.3. The van der Waals surface area contributed by atoms with Crippen molar-refractivity contribution < 1.29 is 14.6 Å². The third kappa shape index (κ3) is 7.69. The molecule has 1 unspecified atom stereocenters. The van der Waals surface area contributed by atoms with Crippen LogP contribution in [0.25, 0.3) is 0 Å². The van der Waals surface area contributed by atoms with E-state index in [4.69, 9.17) is 4.74 Å². The fraction of sp³-hybridized carbons (Fsp3) is 0.923. The Hall–Kier alpha value is -0.570. The molecule has 0 saturated carbocycles. The van der Waals surface area contributed by atoms with Crippen molar-refractivity contribution in [2.75, 3.05) is 6.61 Å². The number of esters is 1. The van der Waals surface area contributed by atoms with E-state index in [9.17, 15) is 9.90 Å². The van der Waals surface area contributed by atoms with Gasteiger partial charge < -0.3 is 9.84 Å². The first kappa shape index (κ1) is 15.4. The van der Waals surface area contributed by atoms with Crippen LogP contribution in [0.1, 0.15) is 53.9 Å². The number of carbonyl (C=O) groups excluding carboxylic acids is 1. The Bertz CT molecular complexity index is 204. The minimum Gasteiger partial charge on any atom is -0.463 e. The quantitative estimate of drug-likeness (QED) is 0.684. The molecule has 96 valence electrons. The number of hydrogen-bond acceptors (Lipinski definition) is 3. The van der Waals surface area contributed by atoms with E-state index in [-0.39, 0.29) is 0 Å². The predicted molar refractivity (Wildman–Crippen MR) is 65.1 cm³/mol. The van der Waals surface area contributed by atoms with Crippen molar-refractivity contribution in [3.63, 3.8) is 0 Å². The fourth-order valence-electron chi connectivity index (χ4n) is 1.35. The van der Waals surface area contributed by atoms with Crippen LogP contribution in [-0.4, -0.2) is 23.3 Å². The van der Waals surface area contributed by atoms with Crippen molar-refractivity contribution in [1.82, 2.24) is 0 Å². The van der Waals surface area contributed by atoms with Crippen LogP contribution in [0.2, 0.25) is 0 Å². The number of carbonyl (C=O) groups is 1. The Morgan fingerprint density at radius 2 is 1.81 bits per heavy atom. The molecule has 1 atom stereocenters. The van der Waals surface area contributed by atoms with Crippen LogP contribution in [0.15, 0.2) is 0 Å². The molecule has 0 aromatic heterocycles. The number of rotatable bonds is 7. The monoisotopic (exact) mass is 230 g/mol. The minimum atomic E-state index is -1.38. The maximum Gasteiger partial charge on any atom is 0.337 e. The highest BCUT2D eigenvalue weighted by Gasteiger charge is 2.25. The van der Waals surface area contributed by atoms with Crippen LogP contribution in [-0.2, 0) is 9.53 Å². The van der Waals surface area contributed by atoms with Crippen molar-refractivity contribution in [3.05, 3.63) is 0 Å². The topological polar surface area (TPSA) is 46.5 Å². The molecule has 0 spiro atoms. The largest absolute Gasteiger partial charge is 0.463 e. The molecule has 0 saturated heterocycles. The molecule has 0 amide bonds. The zero-order valence-electron chi connectivity index (χ0n) is 11.2. The minimum absolute atomic E-state index is 0.366. The summed E-state index contributed by atoms with van der Waals surface area (Å²) in [5.41, 5.74) is -1.38. The average Bonchev–Trinajstić information content (AvgIpc) is 2.11. The van der Waals surface area contributed by atoms with E-state index in [1.54, 1.807) is 0 Å². The van der Waals surface area contributed by atoms with Gasteiger partial charge in [-0.05, 0) is 32.1 Å². The third-order valence-corrected chi connectivity index (χ3v) is 2.48. The van der Waals surface area contributed by atoms with Gasteiger partial charge in [0.15, 0.2) is 5.60 Å². The van der Waals surface area contributed by atoms with Crippen LogP contribution >= 0.6 is 0 Å². The molecule has 0 aromatic rings. The molecule has 0 fully saturated rings. The number of aliphatic hydroxyl groups is 1. The highest BCUT2D eigenvalue weighted by molar-refractivity contribution is 5.78. The Labute approximate surface area is 99.2 Å². The molecule has 3 nitrogen and oxygen atoms in total. The second kappa shape index (κ2) is 6.89. The van der Waals surface area contributed by atoms with E-state index in [1.807, 2.05) is 0 Å². The van der Waals surface area contributed by atoms with Gasteiger partial charge in [-0.2, -0.15) is 0 Å². The lowest BCUT2D eigenvalue weighted by molar-refractivity contribution is -0.163. The molecule has 1 N–H and O–H groups in total. The summed E-state index contributed by atoms with van der Waals surface area (Å²) in [5.74, 6) is 0.555. The summed E-state index contributed by atoms with van der Waals surface area (Å²) in [6.07, 6.45) is 3.44. The molecule has 0 radical (unpaired) electrons. The van der Waals surface area contributed by atoms with E-state index in [2.05, 4.69) is 20.8 Å². The first-order chi connectivity index (χ1) is 7.23. The van der Waals surface area contributed by atoms with Crippen LogP contribution in [0.3, 0.4) is 0 Å². The van der Waals surface area contributed by atoms with Crippen LogP contribution < -0.4 is 0 Å². The molecule has 0 aliphatic carbocycles. The lowest BCUT2D eigenvalue weighted by atomic mass is 10.0. The molecule has 0 rings (SSSR count). The van der Waals surface area contributed by atoms with Gasteiger partial charge in [-0.1, -0.05) is 33.6 Å². The normalized spacial score (nSPS) is 13.9. The van der Waals surface area contributed by atoms with Gasteiger partial charge in [0.25, 0.3) is 0 Å². The van der Waals surface area contributed by atoms with E-state index < -0.39 is 11.6 Å². The lowest BCUT2D eigenvalue weighted by Gasteiger charge is -2.18. The third-order valence-electron chi connectivity index (χ3n) is 2.48. The molecule has 0 bridgehead atoms. The Kier molecular flexibility index (Phi) is 6.65. The second-order valence-electron chi connectivity index (χ2n) is 5.59. The van der Waals surface area contributed by atoms with Gasteiger partial charge in [0.2, 0.25) is 0 Å². The molecule has 0 aliphatic heterocycles. The number of ether oxygens (including phenoxy) is 1. The van der Waals surface area contributed by atoms with Crippen LogP contribution in [0.4, 0.5) is 0 Å². The van der Waals surface area contributed by atoms with Gasteiger partial charge in [-0.15, -0.1) is 0 Å². The molecule has 16 heavy (non-hydrogen) atoms. The summed E-state index contributed by atoms with van der Waals surface area (Å²) in [6, 6.07) is 0. The summed E-state index contributed by atoms with van der Waals surface area (Å²) < 4.78 is 5.04. The first-order valence-corrected chi connectivity index (χ1v) is 6.13. The highest BCUT2D eigenvalue weighted by atomic mass is 16.5. The summed E-state index contributed by atoms with van der Waals surface area (Å²) >= 11 is 0. The first-order valence-electron chi connectivity index (χ1n) is 6.13. The molecule has 0 aromatic carbocycles. The SMILES string of the molecule is CC(C)CCCC(C)COC(=O)C(C)(C)O. The predicted octanol–water partition coefficient (Wildman–Crippen LogP) is 2.76. The molecular formula is C13H26O3. The van der Waals surface area contributed by atoms with Crippen molar-refractivity contribution >= 4 is 5.97 Å². The Morgan fingerprint density at radius 3 is 2.25 bits per heavy atom. The van der Waals surface area contributed by atoms with Gasteiger partial charge in [-0.3, -0.25) is 0 Å². The Balaban J connectivity index is 3.65. The van der Waals surface area contributed by atoms with Crippen LogP contribution in [0, 0.1) is 11.8 Å². The van der Waals surface area contributed by atoms with Crippen molar-refractivity contribution in [2.24, 2.45) is 11.8 Å². The van der Waals surface area contributed by atoms with Gasteiger partial charge in [0, 0.05) is 0 Å². The average molecular weight is 230 g/mol. The van der Waals surface area contributed by atoms with E-state index >= 15 is 0 Å². The van der Waals surface area contributed by atoms with Gasteiger partial charge >= 0.3 is 5.97 Å². The van der Waals surface area contributed by atoms with Gasteiger partial charge in [0.1, 0.15) is 0 Å². The van der Waals surface area contributed by atoms with Gasteiger partial charge in [-0.25, -0.2) is 4.79 Å². The van der Waals surface area contributed by atoms with Crippen molar-refractivity contribution in [3.8, 4) is 0 Å². The van der Waals surface area contributed by atoms with Gasteiger partial charge in [0.05, 0.1) is 6.61 Å². The van der Waals surface area contributed by atoms with E-state index in [0.29, 0.717) is 12.5 Å². The molecule has 0 heterocycles. The van der Waals surface area contributed by atoms with Crippen molar-refractivity contribution in [2.45, 2.75) is 59.5 Å². The second-order valence-corrected chi connectivity index (χ2v) is 5.59. The number of hydrogen-bond donors (Lipinski definition) is 1. The fourth-order valence-corrected chi connectivity index (χ4v) is 1.35. The van der Waals surface area contributed by atoms with E-state index in [1.165, 1.54) is 26.7 Å². The summed E-state index contributed by atoms with van der Waals surface area (Å²) in [7, 11) is 0. The standard InChI is InChI=1S/C13H26O3/c1-10(2)7-6-8-11(3)9-16-12(14)13(4,5)15/h10-11,15H,6-9H2,1-5H3. The summed E-state index contributed by atoms with van der Waals surface area (Å²) in [4.78, 5) is 11.3. The maximum atomic E-state index is 11.3. The zero-order chi connectivity index (χ0) is 12.8. The molecular weight excluding hydrogens is 204 g/mol. The van der Waals surface area contributed by atoms with Crippen LogP contribution in [0.5, 0.6) is 0 Å². The van der Waals surface area contributed by atoms with E-state index in [0.717, 1.165) is 12.3 Å². The summed E-state index contributed by atoms with van der Waals surface area (Å²) in [6.45, 7) is 9.77. The highest BCUT2D eigenvalue weighted by Crippen LogP contribution is 2.13. The summed E-state index contributed by atoms with van der Waals surface area (Å²) in [5, 5.41) is 9.37. The smallest absolute Gasteiger partial charge is 0.337 e. The lowest BCUT2D eigenvalue weighted by Crippen LogP contribution is -2.34.